The van der Waals surface area contributed by atoms with Gasteiger partial charge in [-0.2, -0.15) is 0 Å². The summed E-state index contributed by atoms with van der Waals surface area (Å²) in [5.41, 5.74) is 0.0526. The summed E-state index contributed by atoms with van der Waals surface area (Å²) in [6.07, 6.45) is 1.48. The molecular formula is C16H20N2O4S. The van der Waals surface area contributed by atoms with Crippen molar-refractivity contribution >= 4 is 15.9 Å². The molecule has 23 heavy (non-hydrogen) atoms. The molecule has 0 saturated heterocycles. The Hall–Kier alpha value is -2.12. The van der Waals surface area contributed by atoms with Gasteiger partial charge in [-0.05, 0) is 57.2 Å². The lowest BCUT2D eigenvalue weighted by molar-refractivity contribution is 0.0919. The maximum absolute atomic E-state index is 12.2. The lowest BCUT2D eigenvalue weighted by atomic mass is 10.1. The Balaban J connectivity index is 2.07. The zero-order valence-electron chi connectivity index (χ0n) is 13.3. The summed E-state index contributed by atoms with van der Waals surface area (Å²) in [5.74, 6) is 0.278. The first-order chi connectivity index (χ1) is 10.7. The molecule has 124 valence electrons. The molecule has 6 nitrogen and oxygen atoms in total. The quantitative estimate of drug-likeness (QED) is 0.877. The second-order valence-electron chi connectivity index (χ2n) is 6.13. The lowest BCUT2D eigenvalue weighted by Gasteiger charge is -2.20. The average Bonchev–Trinajstić information content (AvgIpc) is 2.97. The zero-order chi connectivity index (χ0) is 17.1. The molecule has 1 aromatic carbocycles. The molecule has 0 bridgehead atoms. The maximum atomic E-state index is 12.2. The van der Waals surface area contributed by atoms with E-state index in [1.165, 1.54) is 30.5 Å². The van der Waals surface area contributed by atoms with Crippen LogP contribution < -0.4 is 10.0 Å². The maximum Gasteiger partial charge on any atom is 0.251 e. The highest BCUT2D eigenvalue weighted by atomic mass is 32.2. The van der Waals surface area contributed by atoms with Gasteiger partial charge in [-0.1, -0.05) is 0 Å². The molecule has 1 heterocycles. The molecule has 7 heteroatoms. The van der Waals surface area contributed by atoms with Crippen LogP contribution in [0.25, 0.3) is 0 Å². The van der Waals surface area contributed by atoms with Crippen LogP contribution in [0.15, 0.2) is 52.0 Å². The van der Waals surface area contributed by atoms with Crippen molar-refractivity contribution in [2.45, 2.75) is 37.8 Å². The number of sulfonamides is 1. The number of furan rings is 1. The minimum atomic E-state index is -3.66. The predicted octanol–water partition coefficient (Wildman–Crippen LogP) is 2.29. The number of rotatable bonds is 5. The van der Waals surface area contributed by atoms with Gasteiger partial charge in [-0.15, -0.1) is 0 Å². The number of hydrogen-bond acceptors (Lipinski definition) is 4. The van der Waals surface area contributed by atoms with Gasteiger partial charge in [-0.25, -0.2) is 13.1 Å². The van der Waals surface area contributed by atoms with E-state index in [0.717, 1.165) is 0 Å². The Kier molecular flexibility index (Phi) is 4.91. The summed E-state index contributed by atoms with van der Waals surface area (Å²) in [4.78, 5) is 12.1. The third-order valence-corrected chi connectivity index (χ3v) is 4.35. The summed E-state index contributed by atoms with van der Waals surface area (Å²) in [5, 5.41) is 2.82. The topological polar surface area (TPSA) is 88.4 Å². The van der Waals surface area contributed by atoms with Gasteiger partial charge < -0.3 is 9.73 Å². The van der Waals surface area contributed by atoms with E-state index < -0.39 is 10.0 Å². The molecule has 0 saturated carbocycles. The number of amides is 1. The van der Waals surface area contributed by atoms with E-state index >= 15 is 0 Å². The largest absolute Gasteiger partial charge is 0.468 e. The first-order valence-electron chi connectivity index (χ1n) is 7.12. The molecule has 0 spiro atoms. The first-order valence-corrected chi connectivity index (χ1v) is 8.60. The lowest BCUT2D eigenvalue weighted by Crippen LogP contribution is -2.40. The number of benzene rings is 1. The Morgan fingerprint density at radius 1 is 1.13 bits per heavy atom. The molecule has 0 aliphatic carbocycles. The molecule has 0 aliphatic heterocycles. The summed E-state index contributed by atoms with van der Waals surface area (Å²) in [6.45, 7) is 5.70. The molecule has 2 N–H and O–H groups in total. The standard InChI is InChI=1S/C16H20N2O4S/c1-16(2,3)18-15(19)12-6-8-14(9-7-12)23(20,21)17-11-13-5-4-10-22-13/h4-10,17H,11H2,1-3H3,(H,18,19). The van der Waals surface area contributed by atoms with Gasteiger partial charge in [0, 0.05) is 11.1 Å². The Labute approximate surface area is 135 Å². The molecule has 1 aromatic heterocycles. The van der Waals surface area contributed by atoms with Crippen molar-refractivity contribution in [3.63, 3.8) is 0 Å². The van der Waals surface area contributed by atoms with Crippen LogP contribution in [0.3, 0.4) is 0 Å². The van der Waals surface area contributed by atoms with E-state index in [0.29, 0.717) is 11.3 Å². The summed E-state index contributed by atoms with van der Waals surface area (Å²) in [6, 6.07) is 9.16. The smallest absolute Gasteiger partial charge is 0.251 e. The van der Waals surface area contributed by atoms with Gasteiger partial charge in [0.2, 0.25) is 10.0 Å². The molecule has 0 atom stereocenters. The van der Waals surface area contributed by atoms with Crippen LogP contribution in [-0.2, 0) is 16.6 Å². The normalized spacial score (nSPS) is 12.1. The van der Waals surface area contributed by atoms with E-state index in [9.17, 15) is 13.2 Å². The molecule has 0 radical (unpaired) electrons. The second-order valence-corrected chi connectivity index (χ2v) is 7.90. The third-order valence-electron chi connectivity index (χ3n) is 2.93. The van der Waals surface area contributed by atoms with Crippen molar-refractivity contribution in [1.82, 2.24) is 10.0 Å². The highest BCUT2D eigenvalue weighted by molar-refractivity contribution is 7.89. The number of hydrogen-bond donors (Lipinski definition) is 2. The van der Waals surface area contributed by atoms with Crippen LogP contribution in [0.5, 0.6) is 0 Å². The fourth-order valence-corrected chi connectivity index (χ4v) is 2.85. The van der Waals surface area contributed by atoms with Gasteiger partial charge in [-0.3, -0.25) is 4.79 Å². The van der Waals surface area contributed by atoms with E-state index in [-0.39, 0.29) is 22.9 Å². The van der Waals surface area contributed by atoms with Gasteiger partial charge >= 0.3 is 0 Å². The van der Waals surface area contributed by atoms with Crippen molar-refractivity contribution < 1.29 is 17.6 Å². The zero-order valence-corrected chi connectivity index (χ0v) is 14.1. The number of carbonyl (C=O) groups is 1. The van der Waals surface area contributed by atoms with Crippen molar-refractivity contribution in [1.29, 1.82) is 0 Å². The van der Waals surface area contributed by atoms with E-state index in [2.05, 4.69) is 10.0 Å². The minimum Gasteiger partial charge on any atom is -0.468 e. The third kappa shape index (κ3) is 4.94. The molecule has 2 aromatic rings. The van der Waals surface area contributed by atoms with Gasteiger partial charge in [0.15, 0.2) is 0 Å². The van der Waals surface area contributed by atoms with Crippen LogP contribution in [0.2, 0.25) is 0 Å². The predicted molar refractivity (Wildman–Crippen MR) is 86.4 cm³/mol. The van der Waals surface area contributed by atoms with Crippen molar-refractivity contribution in [2.75, 3.05) is 0 Å². The van der Waals surface area contributed by atoms with Crippen LogP contribution >= 0.6 is 0 Å². The first kappa shape index (κ1) is 17.2. The molecule has 2 rings (SSSR count). The van der Waals surface area contributed by atoms with E-state index in [1.807, 2.05) is 20.8 Å². The van der Waals surface area contributed by atoms with E-state index in [1.54, 1.807) is 12.1 Å². The Morgan fingerprint density at radius 3 is 2.30 bits per heavy atom. The minimum absolute atomic E-state index is 0.0710. The second kappa shape index (κ2) is 6.55. The van der Waals surface area contributed by atoms with Crippen LogP contribution in [0, 0.1) is 0 Å². The van der Waals surface area contributed by atoms with Crippen LogP contribution in [0.1, 0.15) is 36.9 Å². The summed E-state index contributed by atoms with van der Waals surface area (Å²) in [7, 11) is -3.66. The summed E-state index contributed by atoms with van der Waals surface area (Å²) >= 11 is 0. The number of carbonyl (C=O) groups excluding carboxylic acids is 1. The van der Waals surface area contributed by atoms with Crippen molar-refractivity contribution in [3.05, 3.63) is 54.0 Å². The monoisotopic (exact) mass is 336 g/mol. The molecule has 0 aliphatic rings. The van der Waals surface area contributed by atoms with Crippen LogP contribution in [-0.4, -0.2) is 19.9 Å². The van der Waals surface area contributed by atoms with Gasteiger partial charge in [0.25, 0.3) is 5.91 Å². The Bertz CT molecular complexity index is 757. The Morgan fingerprint density at radius 2 is 1.78 bits per heavy atom. The molecular weight excluding hydrogens is 316 g/mol. The van der Waals surface area contributed by atoms with E-state index in [4.69, 9.17) is 4.42 Å². The molecule has 1 amide bonds. The summed E-state index contributed by atoms with van der Waals surface area (Å²) < 4.78 is 31.9. The van der Waals surface area contributed by atoms with Crippen molar-refractivity contribution in [3.8, 4) is 0 Å². The SMILES string of the molecule is CC(C)(C)NC(=O)c1ccc(S(=O)(=O)NCc2ccco2)cc1. The highest BCUT2D eigenvalue weighted by Gasteiger charge is 2.18. The average molecular weight is 336 g/mol. The van der Waals surface area contributed by atoms with Crippen molar-refractivity contribution in [2.24, 2.45) is 0 Å². The fourth-order valence-electron chi connectivity index (χ4n) is 1.86. The van der Waals surface area contributed by atoms with Gasteiger partial charge in [0.05, 0.1) is 17.7 Å². The van der Waals surface area contributed by atoms with Gasteiger partial charge in [0.1, 0.15) is 5.76 Å². The van der Waals surface area contributed by atoms with Crippen LogP contribution in [0.4, 0.5) is 0 Å². The number of nitrogens with one attached hydrogen (secondary N) is 2. The molecule has 0 unspecified atom stereocenters. The highest BCUT2D eigenvalue weighted by Crippen LogP contribution is 2.12. The molecule has 0 fully saturated rings. The fraction of sp³-hybridized carbons (Fsp3) is 0.312.